The molecule has 0 saturated carbocycles. The van der Waals surface area contributed by atoms with Gasteiger partial charge in [0.15, 0.2) is 0 Å². The fourth-order valence-electron chi connectivity index (χ4n) is 3.04. The topological polar surface area (TPSA) is 64.7 Å². The fourth-order valence-corrected chi connectivity index (χ4v) is 3.04. The van der Waals surface area contributed by atoms with Crippen molar-refractivity contribution in [2.75, 3.05) is 5.32 Å². The highest BCUT2D eigenvalue weighted by Crippen LogP contribution is 2.31. The van der Waals surface area contributed by atoms with Crippen LogP contribution in [0.1, 0.15) is 28.2 Å². The molecule has 2 aromatic heterocycles. The molecule has 1 aliphatic carbocycles. The summed E-state index contributed by atoms with van der Waals surface area (Å²) in [5.74, 6) is 0.603. The zero-order valence-corrected chi connectivity index (χ0v) is 12.9. The number of aromatic nitrogens is 4. The van der Waals surface area contributed by atoms with Gasteiger partial charge >= 0.3 is 0 Å². The van der Waals surface area contributed by atoms with E-state index in [1.54, 1.807) is 24.0 Å². The van der Waals surface area contributed by atoms with Crippen molar-refractivity contribution in [3.63, 3.8) is 0 Å². The van der Waals surface area contributed by atoms with Gasteiger partial charge in [0, 0.05) is 18.8 Å². The van der Waals surface area contributed by atoms with Crippen molar-refractivity contribution in [2.24, 2.45) is 7.05 Å². The summed E-state index contributed by atoms with van der Waals surface area (Å²) in [5, 5.41) is 11.8. The third kappa shape index (κ3) is 2.32. The smallest absolute Gasteiger partial charge is 0.275 e. The van der Waals surface area contributed by atoms with E-state index in [0.29, 0.717) is 5.69 Å². The normalized spacial score (nSPS) is 13.1. The summed E-state index contributed by atoms with van der Waals surface area (Å²) < 4.78 is 3.40. The number of carbonyl (C=O) groups is 1. The van der Waals surface area contributed by atoms with Crippen LogP contribution >= 0.6 is 0 Å². The van der Waals surface area contributed by atoms with E-state index in [9.17, 15) is 4.79 Å². The zero-order valence-electron chi connectivity index (χ0n) is 12.9. The lowest BCUT2D eigenvalue weighted by Gasteiger charge is -2.11. The largest absolute Gasteiger partial charge is 0.305 e. The van der Waals surface area contributed by atoms with Gasteiger partial charge in [0.2, 0.25) is 0 Å². The van der Waals surface area contributed by atoms with Gasteiger partial charge in [-0.2, -0.15) is 10.2 Å². The van der Waals surface area contributed by atoms with Crippen molar-refractivity contribution < 1.29 is 4.79 Å². The number of nitrogens with one attached hydrogen (secondary N) is 1. The molecule has 0 atom stereocenters. The highest BCUT2D eigenvalue weighted by molar-refractivity contribution is 6.03. The van der Waals surface area contributed by atoms with E-state index >= 15 is 0 Å². The van der Waals surface area contributed by atoms with Crippen molar-refractivity contribution in [1.29, 1.82) is 0 Å². The molecule has 6 heteroatoms. The number of hydrogen-bond acceptors (Lipinski definition) is 3. The standard InChI is InChI=1S/C17H17N5O/c1-21-15(10-11-18-21)17(23)19-16-13-8-5-9-14(13)20-22(16)12-6-3-2-4-7-12/h2-4,6-7,10-11H,5,8-9H2,1H3,(H,19,23). The van der Waals surface area contributed by atoms with E-state index in [4.69, 9.17) is 5.10 Å². The molecule has 1 amide bonds. The first kappa shape index (κ1) is 13.8. The Bertz CT molecular complexity index is 862. The number of hydrogen-bond donors (Lipinski definition) is 1. The van der Waals surface area contributed by atoms with Crippen molar-refractivity contribution in [3.8, 4) is 5.69 Å². The summed E-state index contributed by atoms with van der Waals surface area (Å²) in [6.45, 7) is 0. The van der Waals surface area contributed by atoms with Gasteiger partial charge in [-0.3, -0.25) is 9.48 Å². The first-order valence-corrected chi connectivity index (χ1v) is 7.69. The van der Waals surface area contributed by atoms with Crippen LogP contribution in [-0.2, 0) is 19.9 Å². The molecule has 3 aromatic rings. The third-order valence-corrected chi connectivity index (χ3v) is 4.19. The number of fused-ring (bicyclic) bond motifs is 1. The molecule has 6 nitrogen and oxygen atoms in total. The van der Waals surface area contributed by atoms with Gasteiger partial charge in [0.05, 0.1) is 11.4 Å². The fraction of sp³-hybridized carbons (Fsp3) is 0.235. The van der Waals surface area contributed by atoms with Crippen LogP contribution in [0.4, 0.5) is 5.82 Å². The summed E-state index contributed by atoms with van der Waals surface area (Å²) in [5.41, 5.74) is 3.69. The Kier molecular flexibility index (Phi) is 3.22. The van der Waals surface area contributed by atoms with Gasteiger partial charge in [-0.1, -0.05) is 18.2 Å². The molecule has 4 rings (SSSR count). The average Bonchev–Trinajstić information content (AvgIpc) is 3.25. The van der Waals surface area contributed by atoms with Gasteiger partial charge in [-0.05, 0) is 37.5 Å². The van der Waals surface area contributed by atoms with Gasteiger partial charge in [-0.25, -0.2) is 4.68 Å². The molecule has 0 bridgehead atoms. The van der Waals surface area contributed by atoms with Crippen LogP contribution in [0.3, 0.4) is 0 Å². The van der Waals surface area contributed by atoms with Crippen molar-refractivity contribution in [1.82, 2.24) is 19.6 Å². The Labute approximate surface area is 133 Å². The van der Waals surface area contributed by atoms with Crippen LogP contribution in [0.5, 0.6) is 0 Å². The Morgan fingerprint density at radius 3 is 2.74 bits per heavy atom. The van der Waals surface area contributed by atoms with E-state index in [-0.39, 0.29) is 5.91 Å². The molecular formula is C17H17N5O. The quantitative estimate of drug-likeness (QED) is 0.808. The molecule has 0 spiro atoms. The minimum absolute atomic E-state index is 0.170. The second-order valence-corrected chi connectivity index (χ2v) is 5.67. The van der Waals surface area contributed by atoms with E-state index in [1.807, 2.05) is 35.0 Å². The number of carbonyl (C=O) groups excluding carboxylic acids is 1. The molecule has 0 saturated heterocycles. The predicted molar refractivity (Wildman–Crippen MR) is 86.8 cm³/mol. The summed E-state index contributed by atoms with van der Waals surface area (Å²) >= 11 is 0. The number of rotatable bonds is 3. The van der Waals surface area contributed by atoms with E-state index < -0.39 is 0 Å². The van der Waals surface area contributed by atoms with E-state index in [2.05, 4.69) is 10.4 Å². The van der Waals surface area contributed by atoms with Crippen molar-refractivity contribution in [3.05, 3.63) is 59.5 Å². The number of benzene rings is 1. The third-order valence-electron chi connectivity index (χ3n) is 4.19. The van der Waals surface area contributed by atoms with Gasteiger partial charge in [0.1, 0.15) is 11.5 Å². The van der Waals surface area contributed by atoms with Gasteiger partial charge < -0.3 is 5.32 Å². The lowest BCUT2D eigenvalue weighted by atomic mass is 10.2. The molecule has 0 radical (unpaired) electrons. The lowest BCUT2D eigenvalue weighted by Crippen LogP contribution is -2.19. The molecule has 0 fully saturated rings. The number of nitrogens with zero attached hydrogens (tertiary/aromatic N) is 4. The monoisotopic (exact) mass is 307 g/mol. The summed E-state index contributed by atoms with van der Waals surface area (Å²) in [6.07, 6.45) is 4.61. The average molecular weight is 307 g/mol. The maximum atomic E-state index is 12.6. The molecule has 0 unspecified atom stereocenters. The predicted octanol–water partition coefficient (Wildman–Crippen LogP) is 2.35. The zero-order chi connectivity index (χ0) is 15.8. The van der Waals surface area contributed by atoms with Crippen LogP contribution in [0, 0.1) is 0 Å². The highest BCUT2D eigenvalue weighted by atomic mass is 16.2. The molecule has 2 heterocycles. The van der Waals surface area contributed by atoms with Crippen molar-refractivity contribution >= 4 is 11.7 Å². The van der Waals surface area contributed by atoms with E-state index in [0.717, 1.165) is 42.0 Å². The van der Waals surface area contributed by atoms with Crippen LogP contribution in [-0.4, -0.2) is 25.5 Å². The Morgan fingerprint density at radius 2 is 2.00 bits per heavy atom. The molecule has 23 heavy (non-hydrogen) atoms. The second kappa shape index (κ2) is 5.39. The van der Waals surface area contributed by atoms with E-state index in [1.165, 1.54) is 0 Å². The number of anilines is 1. The van der Waals surface area contributed by atoms with Gasteiger partial charge in [0.25, 0.3) is 5.91 Å². The molecule has 1 aliphatic rings. The van der Waals surface area contributed by atoms with Crippen LogP contribution in [0.2, 0.25) is 0 Å². The number of para-hydroxylation sites is 1. The second-order valence-electron chi connectivity index (χ2n) is 5.67. The summed E-state index contributed by atoms with van der Waals surface area (Å²) in [6, 6.07) is 11.6. The number of amides is 1. The maximum Gasteiger partial charge on any atom is 0.275 e. The van der Waals surface area contributed by atoms with Crippen LogP contribution in [0.15, 0.2) is 42.6 Å². The molecule has 116 valence electrons. The molecular weight excluding hydrogens is 290 g/mol. The number of aryl methyl sites for hydroxylation is 2. The molecule has 1 N–H and O–H groups in total. The Balaban J connectivity index is 1.76. The van der Waals surface area contributed by atoms with Gasteiger partial charge in [-0.15, -0.1) is 0 Å². The summed E-state index contributed by atoms with van der Waals surface area (Å²) in [4.78, 5) is 12.6. The van der Waals surface area contributed by atoms with Crippen LogP contribution in [0.25, 0.3) is 5.69 Å². The highest BCUT2D eigenvalue weighted by Gasteiger charge is 2.25. The molecule has 1 aromatic carbocycles. The molecule has 0 aliphatic heterocycles. The first-order chi connectivity index (χ1) is 11.2. The maximum absolute atomic E-state index is 12.6. The van der Waals surface area contributed by atoms with Crippen LogP contribution < -0.4 is 5.32 Å². The minimum Gasteiger partial charge on any atom is -0.305 e. The SMILES string of the molecule is Cn1nccc1C(=O)Nc1c2c(nn1-c1ccccc1)CCC2. The Morgan fingerprint density at radius 1 is 1.17 bits per heavy atom. The Hall–Kier alpha value is -2.89. The summed E-state index contributed by atoms with van der Waals surface area (Å²) in [7, 11) is 1.76. The minimum atomic E-state index is -0.170. The first-order valence-electron chi connectivity index (χ1n) is 7.69. The lowest BCUT2D eigenvalue weighted by molar-refractivity contribution is 0.101. The van der Waals surface area contributed by atoms with Crippen molar-refractivity contribution in [2.45, 2.75) is 19.3 Å².